The highest BCUT2D eigenvalue weighted by molar-refractivity contribution is 7.90. The molecule has 1 aromatic carbocycles. The maximum absolute atomic E-state index is 13.6. The Kier molecular flexibility index (Phi) is 4.47. The molecule has 2 saturated carbocycles. The van der Waals surface area contributed by atoms with E-state index in [-0.39, 0.29) is 10.3 Å². The maximum atomic E-state index is 13.6. The number of fused-ring (bicyclic) bond motifs is 3. The molecular weight excluding hydrogens is 444 g/mol. The van der Waals surface area contributed by atoms with Gasteiger partial charge in [0.05, 0.1) is 11.1 Å². The van der Waals surface area contributed by atoms with E-state index in [0.29, 0.717) is 17.0 Å². The highest BCUT2D eigenvalue weighted by atomic mass is 32.2. The van der Waals surface area contributed by atoms with Crippen molar-refractivity contribution < 1.29 is 8.42 Å². The van der Waals surface area contributed by atoms with Crippen molar-refractivity contribution in [1.29, 1.82) is 0 Å². The van der Waals surface area contributed by atoms with Crippen LogP contribution in [0.3, 0.4) is 0 Å². The number of pyridine rings is 1. The Morgan fingerprint density at radius 3 is 2.44 bits per heavy atom. The molecule has 7 heteroatoms. The van der Waals surface area contributed by atoms with Crippen LogP contribution in [0.5, 0.6) is 0 Å². The molecule has 4 aromatic rings. The van der Waals surface area contributed by atoms with E-state index in [9.17, 15) is 8.42 Å². The van der Waals surface area contributed by atoms with Crippen LogP contribution in [0.2, 0.25) is 0 Å². The van der Waals surface area contributed by atoms with Crippen LogP contribution in [0.1, 0.15) is 51.5 Å². The van der Waals surface area contributed by atoms with Gasteiger partial charge in [-0.3, -0.25) is 4.68 Å². The van der Waals surface area contributed by atoms with Crippen LogP contribution in [0, 0.1) is 16.7 Å². The Bertz CT molecular complexity index is 1520. The molecule has 0 aliphatic heterocycles. The topological polar surface area (TPSA) is 69.8 Å². The summed E-state index contributed by atoms with van der Waals surface area (Å²) < 4.78 is 30.2. The zero-order valence-corrected chi connectivity index (χ0v) is 20.9. The molecule has 34 heavy (non-hydrogen) atoms. The van der Waals surface area contributed by atoms with Crippen molar-refractivity contribution in [3.63, 3.8) is 0 Å². The summed E-state index contributed by atoms with van der Waals surface area (Å²) in [7, 11) is -1.92. The average Bonchev–Trinajstić information content (AvgIpc) is 3.52. The molecule has 2 aliphatic rings. The van der Waals surface area contributed by atoms with Crippen LogP contribution >= 0.6 is 0 Å². The van der Waals surface area contributed by atoms with Crippen molar-refractivity contribution in [3.8, 4) is 11.1 Å². The second-order valence-corrected chi connectivity index (χ2v) is 12.7. The van der Waals surface area contributed by atoms with Crippen LogP contribution in [-0.2, 0) is 17.1 Å². The molecule has 3 aromatic heterocycles. The predicted octanol–water partition coefficient (Wildman–Crippen LogP) is 5.60. The summed E-state index contributed by atoms with van der Waals surface area (Å²) in [6, 6.07) is 10.7. The van der Waals surface area contributed by atoms with E-state index in [1.54, 1.807) is 41.3 Å². The van der Waals surface area contributed by atoms with Crippen LogP contribution < -0.4 is 0 Å². The Morgan fingerprint density at radius 1 is 1.06 bits per heavy atom. The standard InChI is InChI=1S/C27H30N4O2S/c1-26(2)20-10-11-27(26,3)24(13-20)18-12-22-23(19-15-29-30(4)16-19)17-31(25(22)28-14-18)34(32,33)21-8-6-5-7-9-21/h5-9,12,14-17,20,24H,10-11,13H2,1-4H3/t20?,24?,27-/m0/s1. The minimum absolute atomic E-state index is 0.222. The molecule has 0 spiro atoms. The van der Waals surface area contributed by atoms with E-state index < -0.39 is 10.0 Å². The SMILES string of the molecule is Cn1cc(-c2cn(S(=O)(=O)c3ccccc3)c3ncc(C4CC5CC[C@]4(C)C5(C)C)cc23)cn1. The molecule has 3 heterocycles. The van der Waals surface area contributed by atoms with Crippen molar-refractivity contribution >= 4 is 21.1 Å². The first-order chi connectivity index (χ1) is 16.1. The third-order valence-electron chi connectivity index (χ3n) is 9.15. The number of aromatic nitrogens is 4. The second kappa shape index (κ2) is 7.04. The lowest BCUT2D eigenvalue weighted by molar-refractivity contribution is 0.134. The Balaban J connectivity index is 1.56. The van der Waals surface area contributed by atoms with Crippen LogP contribution in [0.4, 0.5) is 0 Å². The lowest BCUT2D eigenvalue weighted by atomic mass is 9.65. The number of benzene rings is 1. The quantitative estimate of drug-likeness (QED) is 0.386. The molecule has 2 unspecified atom stereocenters. The van der Waals surface area contributed by atoms with E-state index in [1.807, 2.05) is 25.5 Å². The van der Waals surface area contributed by atoms with E-state index in [4.69, 9.17) is 4.98 Å². The molecule has 0 amide bonds. The van der Waals surface area contributed by atoms with Gasteiger partial charge in [0.25, 0.3) is 10.0 Å². The minimum atomic E-state index is -3.79. The second-order valence-electron chi connectivity index (χ2n) is 10.9. The average molecular weight is 475 g/mol. The highest BCUT2D eigenvalue weighted by Crippen LogP contribution is 2.70. The summed E-state index contributed by atoms with van der Waals surface area (Å²) in [6.07, 6.45) is 11.0. The zero-order valence-electron chi connectivity index (χ0n) is 20.1. The number of hydrogen-bond donors (Lipinski definition) is 0. The molecule has 0 radical (unpaired) electrons. The fourth-order valence-electron chi connectivity index (χ4n) is 6.67. The Morgan fingerprint density at radius 2 is 1.82 bits per heavy atom. The lowest BCUT2D eigenvalue weighted by Gasteiger charge is -2.39. The fourth-order valence-corrected chi connectivity index (χ4v) is 8.02. The number of rotatable bonds is 4. The van der Waals surface area contributed by atoms with Crippen molar-refractivity contribution in [2.24, 2.45) is 23.8 Å². The summed E-state index contributed by atoms with van der Waals surface area (Å²) in [5.41, 5.74) is 3.91. The van der Waals surface area contributed by atoms with E-state index >= 15 is 0 Å². The summed E-state index contributed by atoms with van der Waals surface area (Å²) >= 11 is 0. The van der Waals surface area contributed by atoms with Gasteiger partial charge in [-0.15, -0.1) is 0 Å². The molecule has 6 rings (SSSR count). The van der Waals surface area contributed by atoms with E-state index in [2.05, 4.69) is 31.9 Å². The van der Waals surface area contributed by atoms with Gasteiger partial charge in [-0.2, -0.15) is 5.10 Å². The number of hydrogen-bond acceptors (Lipinski definition) is 4. The van der Waals surface area contributed by atoms with Crippen molar-refractivity contribution in [2.75, 3.05) is 0 Å². The molecule has 0 N–H and O–H groups in total. The van der Waals surface area contributed by atoms with Gasteiger partial charge in [-0.25, -0.2) is 17.4 Å². The van der Waals surface area contributed by atoms with Gasteiger partial charge in [0.15, 0.2) is 5.65 Å². The molecule has 2 fully saturated rings. The zero-order chi connectivity index (χ0) is 23.9. The van der Waals surface area contributed by atoms with Gasteiger partial charge in [0.2, 0.25) is 0 Å². The lowest BCUT2D eigenvalue weighted by Crippen LogP contribution is -2.31. The summed E-state index contributed by atoms with van der Waals surface area (Å²) in [5, 5.41) is 5.18. The molecule has 176 valence electrons. The molecule has 3 atom stereocenters. The van der Waals surface area contributed by atoms with Crippen LogP contribution in [0.15, 0.2) is 66.1 Å². The molecular formula is C27H30N4O2S. The highest BCUT2D eigenvalue weighted by Gasteiger charge is 2.61. The molecule has 6 nitrogen and oxygen atoms in total. The van der Waals surface area contributed by atoms with Crippen LogP contribution in [-0.4, -0.2) is 27.2 Å². The summed E-state index contributed by atoms with van der Waals surface area (Å²) in [5.74, 6) is 1.15. The first-order valence-electron chi connectivity index (χ1n) is 11.9. The predicted molar refractivity (Wildman–Crippen MR) is 133 cm³/mol. The summed E-state index contributed by atoms with van der Waals surface area (Å²) in [4.78, 5) is 5.04. The normalized spacial score (nSPS) is 25.9. The largest absolute Gasteiger partial charge is 0.275 e. The van der Waals surface area contributed by atoms with E-state index in [0.717, 1.165) is 22.4 Å². The van der Waals surface area contributed by atoms with Gasteiger partial charge in [0, 0.05) is 42.2 Å². The first-order valence-corrected chi connectivity index (χ1v) is 13.4. The fraction of sp³-hybridized carbons (Fsp3) is 0.407. The van der Waals surface area contributed by atoms with Gasteiger partial charge >= 0.3 is 0 Å². The third-order valence-corrected chi connectivity index (χ3v) is 10.8. The Labute approximate surface area is 200 Å². The van der Waals surface area contributed by atoms with Gasteiger partial charge in [0.1, 0.15) is 0 Å². The molecule has 0 saturated heterocycles. The van der Waals surface area contributed by atoms with Crippen LogP contribution in [0.25, 0.3) is 22.2 Å². The molecule has 2 aliphatic carbocycles. The van der Waals surface area contributed by atoms with Gasteiger partial charge < -0.3 is 0 Å². The monoisotopic (exact) mass is 474 g/mol. The first kappa shape index (κ1) is 21.6. The third kappa shape index (κ3) is 2.82. The summed E-state index contributed by atoms with van der Waals surface area (Å²) in [6.45, 7) is 7.27. The van der Waals surface area contributed by atoms with Crippen molar-refractivity contribution in [1.82, 2.24) is 18.7 Å². The number of nitrogens with zero attached hydrogens (tertiary/aromatic N) is 4. The smallest absolute Gasteiger partial charge is 0.269 e. The van der Waals surface area contributed by atoms with E-state index in [1.165, 1.54) is 28.8 Å². The van der Waals surface area contributed by atoms with Gasteiger partial charge in [-0.1, -0.05) is 39.0 Å². The molecule has 2 bridgehead atoms. The minimum Gasteiger partial charge on any atom is -0.275 e. The van der Waals surface area contributed by atoms with Crippen molar-refractivity contribution in [2.45, 2.75) is 50.8 Å². The maximum Gasteiger partial charge on any atom is 0.269 e. The van der Waals surface area contributed by atoms with Gasteiger partial charge in [-0.05, 0) is 65.7 Å². The van der Waals surface area contributed by atoms with Crippen molar-refractivity contribution in [3.05, 3.63) is 66.7 Å². The Hall–Kier alpha value is -2.93. The number of aryl methyl sites for hydroxylation is 1.